The van der Waals surface area contributed by atoms with Crippen LogP contribution in [0.2, 0.25) is 0 Å². The summed E-state index contributed by atoms with van der Waals surface area (Å²) in [5.41, 5.74) is 4.37. The van der Waals surface area contributed by atoms with E-state index in [4.69, 9.17) is 4.74 Å². The molecule has 0 aliphatic heterocycles. The van der Waals surface area contributed by atoms with Crippen molar-refractivity contribution in [3.63, 3.8) is 0 Å². The molecule has 1 aromatic heterocycles. The van der Waals surface area contributed by atoms with Gasteiger partial charge < -0.3 is 10.1 Å². The van der Waals surface area contributed by atoms with Crippen molar-refractivity contribution in [1.82, 2.24) is 10.3 Å². The summed E-state index contributed by atoms with van der Waals surface area (Å²) in [5, 5.41) is 6.03. The topological polar surface area (TPSA) is 75.6 Å². The first-order valence-corrected chi connectivity index (χ1v) is 9.29. The van der Waals surface area contributed by atoms with Crippen LogP contribution in [0.1, 0.15) is 27.2 Å². The molecule has 29 heavy (non-hydrogen) atoms. The third-order valence-corrected chi connectivity index (χ3v) is 4.48. The minimum atomic E-state index is -0.228. The van der Waals surface area contributed by atoms with Gasteiger partial charge in [-0.25, -0.2) is 4.99 Å². The van der Waals surface area contributed by atoms with Crippen LogP contribution in [0.4, 0.5) is 5.69 Å². The summed E-state index contributed by atoms with van der Waals surface area (Å²) in [5.74, 6) is 0.875. The van der Waals surface area contributed by atoms with E-state index in [0.29, 0.717) is 18.1 Å². The molecule has 0 fully saturated rings. The van der Waals surface area contributed by atoms with E-state index in [2.05, 4.69) is 20.6 Å². The van der Waals surface area contributed by atoms with Gasteiger partial charge in [0.25, 0.3) is 5.91 Å². The number of rotatable bonds is 5. The predicted octanol–water partition coefficient (Wildman–Crippen LogP) is 4.11. The molecule has 6 heteroatoms. The second-order valence-electron chi connectivity index (χ2n) is 6.59. The number of nitrogens with zero attached hydrogens (tertiary/aromatic N) is 2. The summed E-state index contributed by atoms with van der Waals surface area (Å²) in [4.78, 5) is 21.5. The first-order valence-electron chi connectivity index (χ1n) is 9.29. The summed E-state index contributed by atoms with van der Waals surface area (Å²) in [7, 11) is 1.62. The fraction of sp³-hybridized carbons (Fsp3) is 0.174. The molecule has 0 saturated carbocycles. The number of guanidine groups is 1. The lowest BCUT2D eigenvalue weighted by atomic mass is 10.1. The Morgan fingerprint density at radius 2 is 1.83 bits per heavy atom. The number of hydrogen-bond acceptors (Lipinski definition) is 4. The Labute approximate surface area is 170 Å². The third kappa shape index (κ3) is 5.65. The molecule has 1 heterocycles. The number of hydrogen-bond donors (Lipinski definition) is 2. The zero-order valence-corrected chi connectivity index (χ0v) is 16.8. The first kappa shape index (κ1) is 20.1. The molecule has 148 valence electrons. The summed E-state index contributed by atoms with van der Waals surface area (Å²) in [6.45, 7) is 4.34. The zero-order valence-electron chi connectivity index (χ0n) is 16.8. The minimum absolute atomic E-state index is 0.228. The Kier molecular flexibility index (Phi) is 6.58. The summed E-state index contributed by atoms with van der Waals surface area (Å²) in [6.07, 6.45) is 1.72. The first-order chi connectivity index (χ1) is 14.0. The van der Waals surface area contributed by atoms with Crippen molar-refractivity contribution in [3.05, 3.63) is 89.2 Å². The maximum atomic E-state index is 12.8. The molecule has 0 unspecified atom stereocenters. The Hall–Kier alpha value is -3.67. The predicted molar refractivity (Wildman–Crippen MR) is 115 cm³/mol. The lowest BCUT2D eigenvalue weighted by molar-refractivity contribution is 0.0977. The fourth-order valence-electron chi connectivity index (χ4n) is 2.64. The highest BCUT2D eigenvalue weighted by Crippen LogP contribution is 2.15. The molecular formula is C23H24N4O2. The molecule has 3 rings (SSSR count). The Morgan fingerprint density at radius 3 is 2.48 bits per heavy atom. The highest BCUT2D eigenvalue weighted by Gasteiger charge is 2.11. The molecule has 2 N–H and O–H groups in total. The Bertz CT molecular complexity index is 999. The molecule has 1 amide bonds. The molecule has 0 atom stereocenters. The molecule has 2 aromatic carbocycles. The van der Waals surface area contributed by atoms with Crippen LogP contribution < -0.4 is 15.4 Å². The van der Waals surface area contributed by atoms with E-state index >= 15 is 0 Å². The number of aryl methyl sites for hydroxylation is 2. The van der Waals surface area contributed by atoms with Crippen molar-refractivity contribution >= 4 is 17.6 Å². The molecule has 0 spiro atoms. The van der Waals surface area contributed by atoms with Gasteiger partial charge in [-0.2, -0.15) is 0 Å². The van der Waals surface area contributed by atoms with Crippen LogP contribution in [0.25, 0.3) is 0 Å². The minimum Gasteiger partial charge on any atom is -0.497 e. The lowest BCUT2D eigenvalue weighted by Crippen LogP contribution is -2.36. The van der Waals surface area contributed by atoms with Gasteiger partial charge in [-0.05, 0) is 73.5 Å². The van der Waals surface area contributed by atoms with E-state index < -0.39 is 0 Å². The SMILES string of the molecule is COc1ccc(NC(=NCc2ccccn2)NC(=O)c2ccc(C)c(C)c2)cc1. The van der Waals surface area contributed by atoms with Crippen LogP contribution in [0, 0.1) is 13.8 Å². The van der Waals surface area contributed by atoms with E-state index in [-0.39, 0.29) is 5.91 Å². The number of aliphatic imine (C=N–C) groups is 1. The van der Waals surface area contributed by atoms with Crippen LogP contribution >= 0.6 is 0 Å². The van der Waals surface area contributed by atoms with Crippen molar-refractivity contribution in [3.8, 4) is 5.75 Å². The van der Waals surface area contributed by atoms with E-state index in [1.807, 2.05) is 68.4 Å². The molecular weight excluding hydrogens is 364 g/mol. The van der Waals surface area contributed by atoms with E-state index in [9.17, 15) is 4.79 Å². The maximum Gasteiger partial charge on any atom is 0.257 e. The van der Waals surface area contributed by atoms with Crippen LogP contribution in [0.5, 0.6) is 5.75 Å². The number of benzene rings is 2. The van der Waals surface area contributed by atoms with Crippen molar-refractivity contribution in [1.29, 1.82) is 0 Å². The number of aromatic nitrogens is 1. The smallest absolute Gasteiger partial charge is 0.257 e. The molecule has 3 aromatic rings. The number of carbonyl (C=O) groups is 1. The standard InChI is InChI=1S/C23H24N4O2/c1-16-7-8-18(14-17(16)2)22(28)27-23(25-15-20-6-4-5-13-24-20)26-19-9-11-21(29-3)12-10-19/h4-14H,15H2,1-3H3,(H2,25,26,27,28). The molecule has 0 aliphatic carbocycles. The van der Waals surface area contributed by atoms with Gasteiger partial charge in [0.2, 0.25) is 5.96 Å². The molecule has 0 bridgehead atoms. The molecule has 0 radical (unpaired) electrons. The van der Waals surface area contributed by atoms with Crippen LogP contribution in [-0.2, 0) is 6.54 Å². The number of anilines is 1. The van der Waals surface area contributed by atoms with Gasteiger partial charge in [0.15, 0.2) is 0 Å². The number of pyridine rings is 1. The highest BCUT2D eigenvalue weighted by molar-refractivity contribution is 6.10. The van der Waals surface area contributed by atoms with Gasteiger partial charge in [0, 0.05) is 17.4 Å². The van der Waals surface area contributed by atoms with Gasteiger partial charge >= 0.3 is 0 Å². The van der Waals surface area contributed by atoms with Gasteiger partial charge in [-0.1, -0.05) is 12.1 Å². The monoisotopic (exact) mass is 388 g/mol. The van der Waals surface area contributed by atoms with Crippen LogP contribution in [-0.4, -0.2) is 24.0 Å². The lowest BCUT2D eigenvalue weighted by Gasteiger charge is -2.13. The largest absolute Gasteiger partial charge is 0.497 e. The normalized spacial score (nSPS) is 11.1. The van der Waals surface area contributed by atoms with Crippen molar-refractivity contribution in [2.24, 2.45) is 4.99 Å². The van der Waals surface area contributed by atoms with E-state index in [1.165, 1.54) is 0 Å². The quantitative estimate of drug-likeness (QED) is 0.510. The number of amides is 1. The van der Waals surface area contributed by atoms with Gasteiger partial charge in [-0.3, -0.25) is 15.1 Å². The zero-order chi connectivity index (χ0) is 20.6. The number of carbonyl (C=O) groups excluding carboxylic acids is 1. The average Bonchev–Trinajstić information content (AvgIpc) is 2.75. The number of ether oxygens (including phenoxy) is 1. The number of methoxy groups -OCH3 is 1. The summed E-state index contributed by atoms with van der Waals surface area (Å²) < 4.78 is 5.19. The van der Waals surface area contributed by atoms with Gasteiger partial charge in [-0.15, -0.1) is 0 Å². The summed E-state index contributed by atoms with van der Waals surface area (Å²) in [6, 6.07) is 18.6. The maximum absolute atomic E-state index is 12.8. The van der Waals surface area contributed by atoms with E-state index in [1.54, 1.807) is 19.4 Å². The second-order valence-corrected chi connectivity index (χ2v) is 6.59. The van der Waals surface area contributed by atoms with Crippen LogP contribution in [0.15, 0.2) is 71.9 Å². The molecule has 6 nitrogen and oxygen atoms in total. The summed E-state index contributed by atoms with van der Waals surface area (Å²) >= 11 is 0. The van der Waals surface area contributed by atoms with Crippen LogP contribution in [0.3, 0.4) is 0 Å². The molecule has 0 saturated heterocycles. The Morgan fingerprint density at radius 1 is 1.03 bits per heavy atom. The highest BCUT2D eigenvalue weighted by atomic mass is 16.5. The molecule has 0 aliphatic rings. The average molecular weight is 388 g/mol. The van der Waals surface area contributed by atoms with Crippen molar-refractivity contribution in [2.75, 3.05) is 12.4 Å². The Balaban J connectivity index is 1.80. The van der Waals surface area contributed by atoms with E-state index in [0.717, 1.165) is 28.3 Å². The fourth-order valence-corrected chi connectivity index (χ4v) is 2.64. The third-order valence-electron chi connectivity index (χ3n) is 4.48. The van der Waals surface area contributed by atoms with Crippen molar-refractivity contribution < 1.29 is 9.53 Å². The second kappa shape index (κ2) is 9.50. The van der Waals surface area contributed by atoms with Crippen molar-refractivity contribution in [2.45, 2.75) is 20.4 Å². The number of nitrogens with one attached hydrogen (secondary N) is 2. The van der Waals surface area contributed by atoms with Gasteiger partial charge in [0.1, 0.15) is 5.75 Å². The van der Waals surface area contributed by atoms with Gasteiger partial charge in [0.05, 0.1) is 19.3 Å².